The number of nitrogens with one attached hydrogen (secondary N) is 1. The van der Waals surface area contributed by atoms with Gasteiger partial charge in [-0.05, 0) is 50.6 Å². The third-order valence-corrected chi connectivity index (χ3v) is 6.88. The zero-order chi connectivity index (χ0) is 24.9. The Hall–Kier alpha value is -3.98. The molecule has 0 saturated heterocycles. The number of carboxylic acids is 1. The summed E-state index contributed by atoms with van der Waals surface area (Å²) in [5.41, 5.74) is 5.56. The summed E-state index contributed by atoms with van der Waals surface area (Å²) in [6.45, 7) is 5.01. The van der Waals surface area contributed by atoms with Gasteiger partial charge in [-0.3, -0.25) is 9.10 Å². The van der Waals surface area contributed by atoms with Gasteiger partial charge in [0.15, 0.2) is 0 Å². The van der Waals surface area contributed by atoms with E-state index in [1.54, 1.807) is 49.4 Å². The van der Waals surface area contributed by atoms with Crippen molar-refractivity contribution >= 4 is 33.8 Å². The molecular weight excluding hydrogens is 454 g/mol. The second-order valence-electron chi connectivity index (χ2n) is 7.80. The molecule has 3 aromatic rings. The molecule has 3 rings (SSSR count). The maximum absolute atomic E-state index is 13.5. The van der Waals surface area contributed by atoms with Gasteiger partial charge in [0.05, 0.1) is 22.4 Å². The van der Waals surface area contributed by atoms with Gasteiger partial charge in [0.1, 0.15) is 6.54 Å². The van der Waals surface area contributed by atoms with Gasteiger partial charge in [0.25, 0.3) is 15.9 Å². The molecule has 0 aliphatic heterocycles. The number of nitrogens with zero attached hydrogens (tertiary/aromatic N) is 2. The molecule has 2 N–H and O–H groups in total. The quantitative estimate of drug-likeness (QED) is 0.378. The standard InChI is InChI=1S/C25H25N3O5S/c1-17-8-11-21(12-9-17)34(32,33)28(23-13-10-18(2)14-19(23)3)16-24(29)27-26-15-20-6-4-5-7-22(20)25(30)31/h4-15H,16H2,1-3H3,(H,27,29)(H,30,31)/b26-15-. The first-order valence-electron chi connectivity index (χ1n) is 10.4. The second kappa shape index (κ2) is 10.3. The number of amides is 1. The molecule has 8 nitrogen and oxygen atoms in total. The second-order valence-corrected chi connectivity index (χ2v) is 9.66. The number of aromatic carboxylic acids is 1. The van der Waals surface area contributed by atoms with E-state index < -0.39 is 28.4 Å². The first kappa shape index (κ1) is 24.7. The lowest BCUT2D eigenvalue weighted by atomic mass is 10.1. The number of carbonyl (C=O) groups excluding carboxylic acids is 1. The fraction of sp³-hybridized carbons (Fsp3) is 0.160. The Labute approximate surface area is 198 Å². The van der Waals surface area contributed by atoms with Crippen LogP contribution in [0.5, 0.6) is 0 Å². The van der Waals surface area contributed by atoms with E-state index in [9.17, 15) is 23.1 Å². The Morgan fingerprint density at radius 1 is 0.971 bits per heavy atom. The van der Waals surface area contributed by atoms with Gasteiger partial charge in [0.2, 0.25) is 0 Å². The van der Waals surface area contributed by atoms with E-state index in [1.165, 1.54) is 24.4 Å². The summed E-state index contributed by atoms with van der Waals surface area (Å²) in [6, 6.07) is 17.9. The number of hydrogen-bond acceptors (Lipinski definition) is 5. The van der Waals surface area contributed by atoms with Crippen LogP contribution in [0.2, 0.25) is 0 Å². The van der Waals surface area contributed by atoms with Gasteiger partial charge in [-0.15, -0.1) is 0 Å². The van der Waals surface area contributed by atoms with E-state index in [2.05, 4.69) is 10.5 Å². The highest BCUT2D eigenvalue weighted by Crippen LogP contribution is 2.27. The minimum absolute atomic E-state index is 0.0272. The molecule has 0 radical (unpaired) electrons. The maximum atomic E-state index is 13.5. The topological polar surface area (TPSA) is 116 Å². The molecule has 0 aromatic heterocycles. The molecule has 0 heterocycles. The summed E-state index contributed by atoms with van der Waals surface area (Å²) in [4.78, 5) is 24.1. The fourth-order valence-electron chi connectivity index (χ4n) is 3.37. The Balaban J connectivity index is 1.89. The van der Waals surface area contributed by atoms with E-state index >= 15 is 0 Å². The minimum Gasteiger partial charge on any atom is -0.478 e. The summed E-state index contributed by atoms with van der Waals surface area (Å²) in [5, 5.41) is 13.1. The van der Waals surface area contributed by atoms with Crippen LogP contribution in [0.4, 0.5) is 5.69 Å². The number of sulfonamides is 1. The number of aryl methyl sites for hydroxylation is 3. The van der Waals surface area contributed by atoms with Gasteiger partial charge in [0, 0.05) is 5.56 Å². The Bertz CT molecular complexity index is 1350. The third kappa shape index (κ3) is 5.68. The normalized spacial score (nSPS) is 11.4. The Morgan fingerprint density at radius 2 is 1.62 bits per heavy atom. The van der Waals surface area contributed by atoms with E-state index in [1.807, 2.05) is 19.9 Å². The molecule has 9 heteroatoms. The first-order valence-corrected chi connectivity index (χ1v) is 11.8. The molecular formula is C25H25N3O5S. The minimum atomic E-state index is -4.05. The smallest absolute Gasteiger partial charge is 0.336 e. The Morgan fingerprint density at radius 3 is 2.26 bits per heavy atom. The maximum Gasteiger partial charge on any atom is 0.336 e. The van der Waals surface area contributed by atoms with Gasteiger partial charge in [-0.2, -0.15) is 5.10 Å². The van der Waals surface area contributed by atoms with Crippen LogP contribution in [0.25, 0.3) is 0 Å². The molecule has 34 heavy (non-hydrogen) atoms. The van der Waals surface area contributed by atoms with Crippen molar-refractivity contribution in [3.8, 4) is 0 Å². The first-order chi connectivity index (χ1) is 16.1. The summed E-state index contributed by atoms with van der Waals surface area (Å²) in [6.07, 6.45) is 1.21. The number of hydrazone groups is 1. The lowest BCUT2D eigenvalue weighted by Gasteiger charge is -2.25. The van der Waals surface area contributed by atoms with Crippen LogP contribution < -0.4 is 9.73 Å². The van der Waals surface area contributed by atoms with Crippen LogP contribution in [0.3, 0.4) is 0 Å². The molecule has 0 aliphatic carbocycles. The fourth-order valence-corrected chi connectivity index (χ4v) is 4.85. The molecule has 0 atom stereocenters. The molecule has 0 saturated carbocycles. The zero-order valence-electron chi connectivity index (χ0n) is 19.0. The molecule has 0 fully saturated rings. The average Bonchev–Trinajstić information content (AvgIpc) is 2.78. The van der Waals surface area contributed by atoms with Crippen LogP contribution in [-0.2, 0) is 14.8 Å². The molecule has 3 aromatic carbocycles. The predicted octanol–water partition coefficient (Wildman–Crippen LogP) is 3.66. The highest BCUT2D eigenvalue weighted by molar-refractivity contribution is 7.92. The van der Waals surface area contributed by atoms with Gasteiger partial charge < -0.3 is 5.11 Å². The van der Waals surface area contributed by atoms with Crippen molar-refractivity contribution < 1.29 is 23.1 Å². The molecule has 176 valence electrons. The molecule has 0 aliphatic rings. The van der Waals surface area contributed by atoms with Crippen molar-refractivity contribution in [3.05, 3.63) is 94.5 Å². The van der Waals surface area contributed by atoms with Crippen molar-refractivity contribution in [1.29, 1.82) is 0 Å². The summed E-state index contributed by atoms with van der Waals surface area (Å²) < 4.78 is 28.0. The summed E-state index contributed by atoms with van der Waals surface area (Å²) >= 11 is 0. The molecule has 0 bridgehead atoms. The molecule has 0 unspecified atom stereocenters. The lowest BCUT2D eigenvalue weighted by molar-refractivity contribution is -0.119. The summed E-state index contributed by atoms with van der Waals surface area (Å²) in [5.74, 6) is -1.81. The van der Waals surface area contributed by atoms with E-state index in [0.717, 1.165) is 15.4 Å². The highest BCUT2D eigenvalue weighted by Gasteiger charge is 2.28. The van der Waals surface area contributed by atoms with Gasteiger partial charge in [-0.25, -0.2) is 18.6 Å². The Kier molecular flexibility index (Phi) is 7.47. The number of hydrogen-bond donors (Lipinski definition) is 2. The van der Waals surface area contributed by atoms with E-state index in [0.29, 0.717) is 16.8 Å². The summed E-state index contributed by atoms with van der Waals surface area (Å²) in [7, 11) is -4.05. The van der Waals surface area contributed by atoms with E-state index in [4.69, 9.17) is 0 Å². The third-order valence-electron chi connectivity index (χ3n) is 5.10. The van der Waals surface area contributed by atoms with Crippen LogP contribution >= 0.6 is 0 Å². The van der Waals surface area contributed by atoms with Crippen LogP contribution in [-0.4, -0.2) is 38.2 Å². The van der Waals surface area contributed by atoms with Crippen molar-refractivity contribution in [2.75, 3.05) is 10.8 Å². The number of anilines is 1. The molecule has 0 spiro atoms. The van der Waals surface area contributed by atoms with Gasteiger partial charge >= 0.3 is 5.97 Å². The van der Waals surface area contributed by atoms with Crippen molar-refractivity contribution in [2.24, 2.45) is 5.10 Å². The monoisotopic (exact) mass is 479 g/mol. The van der Waals surface area contributed by atoms with Crippen molar-refractivity contribution in [3.63, 3.8) is 0 Å². The van der Waals surface area contributed by atoms with Crippen molar-refractivity contribution in [1.82, 2.24) is 5.43 Å². The van der Waals surface area contributed by atoms with Gasteiger partial charge in [-0.1, -0.05) is 53.6 Å². The molecule has 1 amide bonds. The predicted molar refractivity (Wildman–Crippen MR) is 131 cm³/mol. The number of carboxylic acid groups (broad SMARTS) is 1. The average molecular weight is 480 g/mol. The number of benzene rings is 3. The lowest BCUT2D eigenvalue weighted by Crippen LogP contribution is -2.40. The van der Waals surface area contributed by atoms with Crippen LogP contribution in [0, 0.1) is 20.8 Å². The number of carbonyl (C=O) groups is 2. The van der Waals surface area contributed by atoms with Crippen molar-refractivity contribution in [2.45, 2.75) is 25.7 Å². The SMILES string of the molecule is Cc1ccc(S(=O)(=O)N(CC(=O)N/N=C\c2ccccc2C(=O)O)c2ccc(C)cc2C)cc1. The zero-order valence-corrected chi connectivity index (χ0v) is 19.8. The largest absolute Gasteiger partial charge is 0.478 e. The van der Waals surface area contributed by atoms with Crippen LogP contribution in [0.1, 0.15) is 32.6 Å². The van der Waals surface area contributed by atoms with E-state index in [-0.39, 0.29) is 10.5 Å². The highest BCUT2D eigenvalue weighted by atomic mass is 32.2. The van der Waals surface area contributed by atoms with Crippen LogP contribution in [0.15, 0.2) is 76.7 Å². The number of rotatable bonds is 8.